The van der Waals surface area contributed by atoms with Gasteiger partial charge in [0.25, 0.3) is 10.3 Å². The van der Waals surface area contributed by atoms with Crippen molar-refractivity contribution in [2.45, 2.75) is 19.3 Å². The van der Waals surface area contributed by atoms with Crippen molar-refractivity contribution in [3.63, 3.8) is 0 Å². The Morgan fingerprint density at radius 1 is 1.31 bits per heavy atom. The summed E-state index contributed by atoms with van der Waals surface area (Å²) >= 11 is 0. The summed E-state index contributed by atoms with van der Waals surface area (Å²) in [4.78, 5) is 0. The minimum Gasteiger partial charge on any atom is -0.399 e. The maximum Gasteiger partial charge on any atom is 0.430 e. The first-order valence-electron chi connectivity index (χ1n) is 4.95. The molecule has 0 saturated carbocycles. The molecular weight excluding hydrogens is 246 g/mol. The van der Waals surface area contributed by atoms with E-state index < -0.39 is 9.05 Å². The van der Waals surface area contributed by atoms with Gasteiger partial charge >= 0.3 is 9.05 Å². The first-order chi connectivity index (χ1) is 7.47. The van der Waals surface area contributed by atoms with Crippen LogP contribution in [0.5, 0.6) is 0 Å². The molecule has 0 bridgehead atoms. The Morgan fingerprint density at radius 3 is 2.69 bits per heavy atom. The quantitative estimate of drug-likeness (QED) is 0.429. The number of unbranched alkanes of at least 4 members (excludes halogenated alkanes) is 1. The normalized spacial score (nSPS) is 11.4. The third kappa shape index (κ3) is 6.02. The Hall–Kier alpha value is -0.690. The molecule has 0 saturated heterocycles. The summed E-state index contributed by atoms with van der Waals surface area (Å²) in [5.41, 5.74) is 7.55. The molecule has 0 aromatic heterocycles. The molecule has 1 aromatic carbocycles. The first kappa shape index (κ1) is 13.4. The number of rotatable bonds is 5. The van der Waals surface area contributed by atoms with Crippen LogP contribution in [-0.2, 0) is 25.8 Å². The fraction of sp³-hybridized carbons (Fsp3) is 0.400. The Balaban J connectivity index is 2.29. The van der Waals surface area contributed by atoms with Crippen LogP contribution in [0, 0.1) is 0 Å². The number of benzene rings is 1. The molecule has 0 amide bonds. The third-order valence-corrected chi connectivity index (χ3v) is 4.23. The van der Waals surface area contributed by atoms with Gasteiger partial charge in [0.15, 0.2) is 5.75 Å². The van der Waals surface area contributed by atoms with Gasteiger partial charge in [-0.25, -0.2) is 0 Å². The standard InChI is InChI=1S/C10H15NO3S2/c11-10-6-3-5-9(8-10)4-1-2-7-15-16(12,13)14/h3,5-6,8H,1-2,4,7,11H2,(H-,12,13,14)/p+1. The smallest absolute Gasteiger partial charge is 0.399 e. The monoisotopic (exact) mass is 262 g/mol. The molecule has 0 spiro atoms. The molecule has 4 nitrogen and oxygen atoms in total. The maximum atomic E-state index is 10.5. The molecule has 1 rings (SSSR count). The molecule has 0 aliphatic carbocycles. The van der Waals surface area contributed by atoms with Gasteiger partial charge in [-0.3, -0.25) is 9.11 Å². The van der Waals surface area contributed by atoms with Crippen molar-refractivity contribution < 1.29 is 13.3 Å². The van der Waals surface area contributed by atoms with E-state index in [1.54, 1.807) is 0 Å². The zero-order valence-electron chi connectivity index (χ0n) is 8.83. The predicted molar refractivity (Wildman–Crippen MR) is 69.4 cm³/mol. The van der Waals surface area contributed by atoms with E-state index in [1.807, 2.05) is 24.3 Å². The molecule has 1 aromatic rings. The largest absolute Gasteiger partial charge is 0.430 e. The fourth-order valence-corrected chi connectivity index (χ4v) is 2.89. The van der Waals surface area contributed by atoms with E-state index in [1.165, 1.54) is 5.56 Å². The molecule has 0 heterocycles. The average molecular weight is 262 g/mol. The highest BCUT2D eigenvalue weighted by molar-refractivity contribution is 8.34. The zero-order chi connectivity index (χ0) is 12.0. The fourth-order valence-electron chi connectivity index (χ4n) is 1.35. The average Bonchev–Trinajstić information content (AvgIpc) is 2.15. The van der Waals surface area contributed by atoms with Crippen LogP contribution in [0.4, 0.5) is 5.69 Å². The molecule has 6 heteroatoms. The van der Waals surface area contributed by atoms with Crippen LogP contribution in [0.25, 0.3) is 0 Å². The highest BCUT2D eigenvalue weighted by Gasteiger charge is 2.08. The molecule has 0 atom stereocenters. The zero-order valence-corrected chi connectivity index (χ0v) is 10.5. The molecule has 0 fully saturated rings. The van der Waals surface area contributed by atoms with Crippen molar-refractivity contribution in [1.29, 1.82) is 0 Å². The number of hydrogen-bond acceptors (Lipinski definition) is 2. The molecule has 90 valence electrons. The molecule has 0 unspecified atom stereocenters. The van der Waals surface area contributed by atoms with Crippen molar-refractivity contribution in [3.8, 4) is 0 Å². The number of nitrogen functional groups attached to an aromatic ring is 1. The molecule has 0 aliphatic heterocycles. The van der Waals surface area contributed by atoms with Crippen LogP contribution in [0.2, 0.25) is 0 Å². The van der Waals surface area contributed by atoms with E-state index >= 15 is 0 Å². The van der Waals surface area contributed by atoms with Gasteiger partial charge in [-0.05, 0) is 30.5 Å². The van der Waals surface area contributed by atoms with E-state index in [-0.39, 0.29) is 0 Å². The Labute approximate surface area is 99.2 Å². The molecule has 4 N–H and O–H groups in total. The van der Waals surface area contributed by atoms with E-state index in [0.717, 1.165) is 24.9 Å². The second kappa shape index (κ2) is 6.15. The Bertz CT molecular complexity index is 445. The van der Waals surface area contributed by atoms with Gasteiger partial charge in [0.1, 0.15) is 0 Å². The van der Waals surface area contributed by atoms with Crippen LogP contribution >= 0.6 is 0 Å². The predicted octanol–water partition coefficient (Wildman–Crippen LogP) is 1.82. The molecule has 0 radical (unpaired) electrons. The Morgan fingerprint density at radius 2 is 2.06 bits per heavy atom. The van der Waals surface area contributed by atoms with Crippen LogP contribution in [0.1, 0.15) is 18.4 Å². The second-order valence-electron chi connectivity index (χ2n) is 3.47. The van der Waals surface area contributed by atoms with Gasteiger partial charge in [0, 0.05) is 12.1 Å². The summed E-state index contributed by atoms with van der Waals surface area (Å²) in [5.74, 6) is 0.480. The Kier molecular flexibility index (Phi) is 5.14. The lowest BCUT2D eigenvalue weighted by Gasteiger charge is -1.99. The van der Waals surface area contributed by atoms with Crippen molar-refractivity contribution in [2.24, 2.45) is 0 Å². The molecule has 16 heavy (non-hydrogen) atoms. The van der Waals surface area contributed by atoms with Crippen molar-refractivity contribution in [2.75, 3.05) is 11.5 Å². The molecular formula is C10H16NO3S2+. The highest BCUT2D eigenvalue weighted by atomic mass is 32.9. The topological polar surface area (TPSA) is 83.6 Å². The van der Waals surface area contributed by atoms with Gasteiger partial charge in [-0.15, -0.1) is 0 Å². The van der Waals surface area contributed by atoms with Crippen LogP contribution in [-0.4, -0.2) is 19.1 Å². The molecule has 0 aliphatic rings. The van der Waals surface area contributed by atoms with E-state index in [4.69, 9.17) is 14.8 Å². The van der Waals surface area contributed by atoms with Gasteiger partial charge in [0.2, 0.25) is 0 Å². The van der Waals surface area contributed by atoms with E-state index in [2.05, 4.69) is 0 Å². The van der Waals surface area contributed by atoms with Crippen molar-refractivity contribution >= 4 is 25.1 Å². The summed E-state index contributed by atoms with van der Waals surface area (Å²) in [6, 6.07) is 7.68. The minimum absolute atomic E-state index is 0.480. The summed E-state index contributed by atoms with van der Waals surface area (Å²) < 4.78 is 27.7. The lowest BCUT2D eigenvalue weighted by Crippen LogP contribution is -1.98. The number of anilines is 1. The summed E-state index contributed by atoms with van der Waals surface area (Å²) in [5, 5.41) is 0. The second-order valence-corrected chi connectivity index (χ2v) is 7.02. The van der Waals surface area contributed by atoms with Gasteiger partial charge in [-0.2, -0.15) is 4.21 Å². The highest BCUT2D eigenvalue weighted by Crippen LogP contribution is 2.09. The SMILES string of the molecule is Nc1cccc(CCCC[S+]=S(=O)(O)O)c1. The first-order valence-corrected chi connectivity index (χ1v) is 7.93. The third-order valence-electron chi connectivity index (χ3n) is 2.05. The lowest BCUT2D eigenvalue weighted by atomic mass is 10.1. The minimum atomic E-state index is -3.63. The lowest BCUT2D eigenvalue weighted by molar-refractivity contribution is 0.450. The van der Waals surface area contributed by atoms with Gasteiger partial charge < -0.3 is 5.73 Å². The van der Waals surface area contributed by atoms with Crippen molar-refractivity contribution in [1.82, 2.24) is 0 Å². The van der Waals surface area contributed by atoms with Crippen molar-refractivity contribution in [3.05, 3.63) is 29.8 Å². The summed E-state index contributed by atoms with van der Waals surface area (Å²) in [7, 11) is -2.94. The number of aryl methyl sites for hydroxylation is 1. The van der Waals surface area contributed by atoms with Crippen LogP contribution in [0.3, 0.4) is 0 Å². The van der Waals surface area contributed by atoms with E-state index in [0.29, 0.717) is 16.1 Å². The number of nitrogens with two attached hydrogens (primary N) is 1. The van der Waals surface area contributed by atoms with Gasteiger partial charge in [0.05, 0.1) is 0 Å². The summed E-state index contributed by atoms with van der Waals surface area (Å²) in [6.45, 7) is 0. The number of hydrogen-bond donors (Lipinski definition) is 3. The maximum absolute atomic E-state index is 10.5. The van der Waals surface area contributed by atoms with Crippen LogP contribution < -0.4 is 5.73 Å². The summed E-state index contributed by atoms with van der Waals surface area (Å²) in [6.07, 6.45) is 2.59. The van der Waals surface area contributed by atoms with E-state index in [9.17, 15) is 4.21 Å². The van der Waals surface area contributed by atoms with Crippen LogP contribution in [0.15, 0.2) is 24.3 Å². The van der Waals surface area contributed by atoms with Gasteiger partial charge in [-0.1, -0.05) is 12.1 Å².